The fraction of sp³-hybridized carbons (Fsp3) is 0.296. The van der Waals surface area contributed by atoms with E-state index in [1.807, 2.05) is 30.3 Å². The van der Waals surface area contributed by atoms with E-state index in [0.29, 0.717) is 5.56 Å². The third kappa shape index (κ3) is 5.65. The van der Waals surface area contributed by atoms with E-state index >= 15 is 0 Å². The van der Waals surface area contributed by atoms with Crippen molar-refractivity contribution in [3.8, 4) is 17.2 Å². The van der Waals surface area contributed by atoms with Crippen LogP contribution >= 0.6 is 0 Å². The highest BCUT2D eigenvalue weighted by Crippen LogP contribution is 2.38. The third-order valence-electron chi connectivity index (χ3n) is 5.24. The molecule has 0 aliphatic carbocycles. The second-order valence-electron chi connectivity index (χ2n) is 7.23. The van der Waals surface area contributed by atoms with Gasteiger partial charge in [-0.2, -0.15) is 0 Å². The Morgan fingerprint density at radius 1 is 0.939 bits per heavy atom. The third-order valence-corrected chi connectivity index (χ3v) is 5.24. The van der Waals surface area contributed by atoms with Crippen LogP contribution in [0.2, 0.25) is 0 Å². The summed E-state index contributed by atoms with van der Waals surface area (Å²) in [5, 5.41) is 3.10. The molecule has 0 aliphatic rings. The first kappa shape index (κ1) is 18.0. The monoisotopic (exact) mass is 454 g/mol. The molecule has 0 saturated carbocycles. The summed E-state index contributed by atoms with van der Waals surface area (Å²) in [5.41, 5.74) is -0.773. The summed E-state index contributed by atoms with van der Waals surface area (Å²) >= 11 is 0. The van der Waals surface area contributed by atoms with Gasteiger partial charge in [0.2, 0.25) is 5.75 Å². The van der Waals surface area contributed by atoms with E-state index in [2.05, 4.69) is 5.32 Å². The van der Waals surface area contributed by atoms with Gasteiger partial charge in [-0.05, 0) is 29.6 Å². The summed E-state index contributed by atoms with van der Waals surface area (Å²) < 4.78 is 63.3. The maximum atomic E-state index is 13.2. The summed E-state index contributed by atoms with van der Waals surface area (Å²) in [6.45, 7) is -3.57. The van der Waals surface area contributed by atoms with Crippen molar-refractivity contribution in [1.82, 2.24) is 5.32 Å². The van der Waals surface area contributed by atoms with Gasteiger partial charge < -0.3 is 24.3 Å². The second-order valence-corrected chi connectivity index (χ2v) is 7.23. The van der Waals surface area contributed by atoms with Crippen molar-refractivity contribution in [1.29, 1.82) is 0 Å². The van der Waals surface area contributed by atoms with Gasteiger partial charge >= 0.3 is 5.97 Å². The van der Waals surface area contributed by atoms with Crippen LogP contribution in [0.1, 0.15) is 41.6 Å². The molecule has 0 amide bonds. The molecule has 1 atom stereocenters. The van der Waals surface area contributed by atoms with Crippen LogP contribution in [0.5, 0.6) is 17.2 Å². The quantitative estimate of drug-likeness (QED) is 0.413. The number of nitrogens with one attached hydrogen (secondary N) is 1. The first-order valence-electron chi connectivity index (χ1n) is 12.8. The second kappa shape index (κ2) is 11.4. The molecule has 0 heterocycles. The minimum absolute atomic E-state index is 0.0546. The average molecular weight is 455 g/mol. The van der Waals surface area contributed by atoms with Gasteiger partial charge in [0.05, 0.1) is 32.4 Å². The van der Waals surface area contributed by atoms with Gasteiger partial charge in [0, 0.05) is 13.4 Å². The molecule has 3 aromatic carbocycles. The zero-order valence-corrected chi connectivity index (χ0v) is 18.9. The van der Waals surface area contributed by atoms with Gasteiger partial charge in [0.25, 0.3) is 0 Å². The van der Waals surface area contributed by atoms with Gasteiger partial charge in [-0.1, -0.05) is 67.5 Å². The summed E-state index contributed by atoms with van der Waals surface area (Å²) in [5.74, 6) is -0.0813. The number of rotatable bonds is 11. The maximum Gasteiger partial charge on any atom is 0.338 e. The molecule has 1 unspecified atom stereocenters. The number of carbonyl (C=O) groups is 1. The number of hydrogen-bond acceptors (Lipinski definition) is 6. The molecule has 0 aliphatic heterocycles. The lowest BCUT2D eigenvalue weighted by Gasteiger charge is -2.34. The Kier molecular flexibility index (Phi) is 6.20. The zero-order valence-electron chi connectivity index (χ0n) is 23.9. The van der Waals surface area contributed by atoms with Crippen LogP contribution in [0.15, 0.2) is 72.8 Å². The molecular weight excluding hydrogens is 418 g/mol. The van der Waals surface area contributed by atoms with E-state index in [1.54, 1.807) is 30.3 Å². The molecule has 0 saturated heterocycles. The van der Waals surface area contributed by atoms with Crippen molar-refractivity contribution in [3.05, 3.63) is 89.5 Å². The number of benzene rings is 3. The fourth-order valence-corrected chi connectivity index (χ4v) is 3.42. The summed E-state index contributed by atoms with van der Waals surface area (Å²) in [7, 11) is 4.25. The molecule has 6 heteroatoms. The molecule has 0 radical (unpaired) electrons. The van der Waals surface area contributed by atoms with Crippen molar-refractivity contribution in [3.63, 3.8) is 0 Å². The van der Waals surface area contributed by atoms with Crippen LogP contribution in [0.25, 0.3) is 0 Å². The number of ether oxygens (including phenoxy) is 4. The smallest absolute Gasteiger partial charge is 0.338 e. The number of esters is 1. The SMILES string of the molecule is [2H]C([2H])([2H])C([2H])([2H])C(COC(=O)c1cc(OC)c(OC)c(OC)c1)(NCc1ccccc1)c1ccccc1. The molecule has 0 fully saturated rings. The van der Waals surface area contributed by atoms with Crippen molar-refractivity contribution < 1.29 is 30.6 Å². The molecular formula is C27H31NO5. The van der Waals surface area contributed by atoms with Crippen molar-refractivity contribution in [2.24, 2.45) is 0 Å². The maximum absolute atomic E-state index is 13.2. The highest BCUT2D eigenvalue weighted by molar-refractivity contribution is 5.91. The minimum Gasteiger partial charge on any atom is -0.493 e. The Hall–Kier alpha value is -3.51. The van der Waals surface area contributed by atoms with Gasteiger partial charge in [-0.15, -0.1) is 0 Å². The van der Waals surface area contributed by atoms with E-state index in [4.69, 9.17) is 25.8 Å². The average Bonchev–Trinajstić information content (AvgIpc) is 2.92. The lowest BCUT2D eigenvalue weighted by Crippen LogP contribution is -2.46. The molecule has 3 aromatic rings. The number of carbonyl (C=O) groups excluding carboxylic acids is 1. The zero-order chi connectivity index (χ0) is 28.0. The van der Waals surface area contributed by atoms with E-state index in [9.17, 15) is 4.79 Å². The Balaban J connectivity index is 2.06. The predicted molar refractivity (Wildman–Crippen MR) is 128 cm³/mol. The lowest BCUT2D eigenvalue weighted by molar-refractivity contribution is 0.0346. The standard InChI is InChI=1S/C27H31NO5/c1-5-27(22-14-10-7-11-15-22,28-18-20-12-8-6-9-13-20)19-33-26(29)21-16-23(30-2)25(32-4)24(17-21)31-3/h6-17,28H,5,18-19H2,1-4H3/i1D3,5D2. The molecule has 174 valence electrons. The topological polar surface area (TPSA) is 66.0 Å². The highest BCUT2D eigenvalue weighted by Gasteiger charge is 2.32. The number of methoxy groups -OCH3 is 3. The van der Waals surface area contributed by atoms with Gasteiger partial charge in [0.15, 0.2) is 11.5 Å². The fourth-order valence-electron chi connectivity index (χ4n) is 3.42. The Morgan fingerprint density at radius 3 is 2.09 bits per heavy atom. The molecule has 0 bridgehead atoms. The molecule has 6 nitrogen and oxygen atoms in total. The minimum atomic E-state index is -3.06. The first-order valence-corrected chi connectivity index (χ1v) is 10.3. The van der Waals surface area contributed by atoms with Crippen LogP contribution in [-0.4, -0.2) is 33.9 Å². The summed E-state index contributed by atoms with van der Waals surface area (Å²) in [6, 6.07) is 20.2. The Morgan fingerprint density at radius 2 is 1.55 bits per heavy atom. The molecule has 0 spiro atoms. The molecule has 3 rings (SSSR count). The van der Waals surface area contributed by atoms with Gasteiger partial charge in [-0.3, -0.25) is 0 Å². The Bertz CT molecular complexity index is 1200. The predicted octanol–water partition coefficient (Wildman–Crippen LogP) is 4.96. The van der Waals surface area contributed by atoms with Gasteiger partial charge in [-0.25, -0.2) is 4.79 Å². The van der Waals surface area contributed by atoms with Crippen LogP contribution in [0.3, 0.4) is 0 Å². The van der Waals surface area contributed by atoms with Crippen LogP contribution in [0.4, 0.5) is 0 Å². The highest BCUT2D eigenvalue weighted by atomic mass is 16.5. The van der Waals surface area contributed by atoms with Crippen molar-refractivity contribution in [2.75, 3.05) is 27.9 Å². The summed E-state index contributed by atoms with van der Waals surface area (Å²) in [6.07, 6.45) is -2.86. The van der Waals surface area contributed by atoms with E-state index in [-0.39, 0.29) is 29.4 Å². The molecule has 0 aromatic heterocycles. The molecule has 1 N–H and O–H groups in total. The van der Waals surface area contributed by atoms with Crippen LogP contribution in [0, 0.1) is 0 Å². The van der Waals surface area contributed by atoms with Crippen LogP contribution in [-0.2, 0) is 16.8 Å². The number of hydrogen-bond donors (Lipinski definition) is 1. The van der Waals surface area contributed by atoms with Gasteiger partial charge in [0.1, 0.15) is 6.61 Å². The molecule has 33 heavy (non-hydrogen) atoms. The van der Waals surface area contributed by atoms with Crippen molar-refractivity contribution >= 4 is 5.97 Å². The van der Waals surface area contributed by atoms with E-state index < -0.39 is 31.3 Å². The lowest BCUT2D eigenvalue weighted by atomic mass is 9.87. The van der Waals surface area contributed by atoms with Crippen LogP contribution < -0.4 is 19.5 Å². The summed E-state index contributed by atoms with van der Waals surface area (Å²) in [4.78, 5) is 13.2. The van der Waals surface area contributed by atoms with E-state index in [0.717, 1.165) is 5.56 Å². The Labute approximate surface area is 202 Å². The normalized spacial score (nSPS) is 15.5. The largest absolute Gasteiger partial charge is 0.493 e. The first-order chi connectivity index (χ1) is 18.0. The van der Waals surface area contributed by atoms with Crippen molar-refractivity contribution in [2.45, 2.75) is 25.3 Å². The van der Waals surface area contributed by atoms with E-state index in [1.165, 1.54) is 33.5 Å².